The molecule has 0 aromatic heterocycles. The van der Waals surface area contributed by atoms with Crippen LogP contribution in [0.2, 0.25) is 0 Å². The van der Waals surface area contributed by atoms with Crippen LogP contribution in [0.4, 0.5) is 4.79 Å². The molecule has 3 unspecified atom stereocenters. The highest BCUT2D eigenvalue weighted by Crippen LogP contribution is 2.22. The predicted octanol–water partition coefficient (Wildman–Crippen LogP) is 1.61. The Morgan fingerprint density at radius 3 is 2.67 bits per heavy atom. The second-order valence-corrected chi connectivity index (χ2v) is 6.07. The van der Waals surface area contributed by atoms with E-state index in [1.54, 1.807) is 4.90 Å². The van der Waals surface area contributed by atoms with Crippen molar-refractivity contribution in [3.8, 4) is 0 Å². The molecule has 0 spiro atoms. The van der Waals surface area contributed by atoms with Crippen molar-refractivity contribution in [2.75, 3.05) is 26.7 Å². The third kappa shape index (κ3) is 5.19. The number of amides is 2. The number of nitrogens with zero attached hydrogens (tertiary/aromatic N) is 2. The van der Waals surface area contributed by atoms with Crippen molar-refractivity contribution in [1.29, 1.82) is 0 Å². The molecule has 122 valence electrons. The Bertz CT molecular complexity index is 362. The zero-order chi connectivity index (χ0) is 16.0. The van der Waals surface area contributed by atoms with Crippen LogP contribution in [-0.2, 0) is 4.79 Å². The van der Waals surface area contributed by atoms with Gasteiger partial charge in [0.25, 0.3) is 0 Å². The normalized spacial score (nSPS) is 24.0. The zero-order valence-electron chi connectivity index (χ0n) is 13.6. The van der Waals surface area contributed by atoms with E-state index < -0.39 is 5.97 Å². The van der Waals surface area contributed by atoms with Gasteiger partial charge in [-0.25, -0.2) is 4.79 Å². The number of aliphatic carboxylic acids is 1. The van der Waals surface area contributed by atoms with Gasteiger partial charge < -0.3 is 20.2 Å². The number of carboxylic acids is 1. The molecule has 1 aliphatic rings. The summed E-state index contributed by atoms with van der Waals surface area (Å²) in [5, 5.41) is 12.0. The average molecular weight is 299 g/mol. The van der Waals surface area contributed by atoms with Crippen molar-refractivity contribution < 1.29 is 14.7 Å². The minimum absolute atomic E-state index is 0.0212. The average Bonchev–Trinajstić information content (AvgIpc) is 2.45. The lowest BCUT2D eigenvalue weighted by Gasteiger charge is -2.36. The number of hydrogen-bond acceptors (Lipinski definition) is 3. The molecule has 6 nitrogen and oxygen atoms in total. The van der Waals surface area contributed by atoms with Crippen LogP contribution >= 0.6 is 0 Å². The summed E-state index contributed by atoms with van der Waals surface area (Å²) >= 11 is 0. The molecule has 0 radical (unpaired) electrons. The monoisotopic (exact) mass is 299 g/mol. The van der Waals surface area contributed by atoms with E-state index in [1.165, 1.54) is 0 Å². The Balaban J connectivity index is 2.34. The van der Waals surface area contributed by atoms with Crippen LogP contribution in [0.15, 0.2) is 0 Å². The van der Waals surface area contributed by atoms with Crippen molar-refractivity contribution in [2.45, 2.75) is 52.1 Å². The van der Waals surface area contributed by atoms with Gasteiger partial charge in [-0.3, -0.25) is 4.79 Å². The minimum atomic E-state index is -0.753. The van der Waals surface area contributed by atoms with Crippen molar-refractivity contribution >= 4 is 12.0 Å². The van der Waals surface area contributed by atoms with Crippen LogP contribution in [0.3, 0.4) is 0 Å². The molecule has 1 saturated heterocycles. The van der Waals surface area contributed by atoms with Crippen LogP contribution < -0.4 is 5.32 Å². The molecular weight excluding hydrogens is 270 g/mol. The Hall–Kier alpha value is -1.30. The Morgan fingerprint density at radius 2 is 2.14 bits per heavy atom. The molecular formula is C15H29N3O3. The van der Waals surface area contributed by atoms with E-state index in [-0.39, 0.29) is 18.0 Å². The van der Waals surface area contributed by atoms with E-state index in [1.807, 2.05) is 6.92 Å². The second-order valence-electron chi connectivity index (χ2n) is 6.07. The van der Waals surface area contributed by atoms with Gasteiger partial charge >= 0.3 is 12.0 Å². The van der Waals surface area contributed by atoms with Crippen molar-refractivity contribution in [3.05, 3.63) is 0 Å². The standard InChI is InChI=1S/C15H29N3O3/c1-5-11(2)17(4)9-7-16-15(21)18-8-6-13(14(19)20)10-12(18)3/h11-13H,5-10H2,1-4H3,(H,16,21)(H,19,20). The summed E-state index contributed by atoms with van der Waals surface area (Å²) in [7, 11) is 2.06. The van der Waals surface area contributed by atoms with Gasteiger partial charge in [-0.05, 0) is 40.2 Å². The summed E-state index contributed by atoms with van der Waals surface area (Å²) in [6.45, 7) is 8.19. The fourth-order valence-corrected chi connectivity index (χ4v) is 2.67. The molecule has 21 heavy (non-hydrogen) atoms. The third-order valence-corrected chi connectivity index (χ3v) is 4.57. The molecule has 0 aromatic carbocycles. The lowest BCUT2D eigenvalue weighted by atomic mass is 9.92. The number of likely N-dealkylation sites (tertiary alicyclic amines) is 1. The summed E-state index contributed by atoms with van der Waals surface area (Å²) in [5.74, 6) is -1.07. The van der Waals surface area contributed by atoms with Gasteiger partial charge in [0, 0.05) is 31.7 Å². The van der Waals surface area contributed by atoms with Gasteiger partial charge in [0.2, 0.25) is 0 Å². The van der Waals surface area contributed by atoms with Crippen LogP contribution in [-0.4, -0.2) is 65.7 Å². The van der Waals surface area contributed by atoms with Crippen molar-refractivity contribution in [1.82, 2.24) is 15.1 Å². The summed E-state index contributed by atoms with van der Waals surface area (Å²) in [6.07, 6.45) is 2.17. The molecule has 2 amide bonds. The number of likely N-dealkylation sites (N-methyl/N-ethyl adjacent to an activating group) is 1. The number of nitrogens with one attached hydrogen (secondary N) is 1. The first-order valence-electron chi connectivity index (χ1n) is 7.84. The number of carboxylic acid groups (broad SMARTS) is 1. The number of hydrogen-bond donors (Lipinski definition) is 2. The van der Waals surface area contributed by atoms with Crippen molar-refractivity contribution in [3.63, 3.8) is 0 Å². The molecule has 0 aromatic rings. The Labute approximate surface area is 127 Å². The van der Waals surface area contributed by atoms with Crippen LogP contribution in [0.25, 0.3) is 0 Å². The first-order valence-corrected chi connectivity index (χ1v) is 7.84. The SMILES string of the molecule is CCC(C)N(C)CCNC(=O)N1CCC(C(=O)O)CC1C. The molecule has 0 bridgehead atoms. The lowest BCUT2D eigenvalue weighted by molar-refractivity contribution is -0.143. The number of urea groups is 1. The highest BCUT2D eigenvalue weighted by molar-refractivity contribution is 5.75. The van der Waals surface area contributed by atoms with Crippen LogP contribution in [0.1, 0.15) is 40.0 Å². The van der Waals surface area contributed by atoms with Crippen LogP contribution in [0.5, 0.6) is 0 Å². The molecule has 0 aliphatic carbocycles. The Kier molecular flexibility index (Phi) is 6.95. The molecule has 3 atom stereocenters. The molecule has 1 fully saturated rings. The van der Waals surface area contributed by atoms with Gasteiger partial charge in [-0.1, -0.05) is 6.92 Å². The van der Waals surface area contributed by atoms with Gasteiger partial charge in [0.15, 0.2) is 0 Å². The van der Waals surface area contributed by atoms with Crippen molar-refractivity contribution in [2.24, 2.45) is 5.92 Å². The smallest absolute Gasteiger partial charge is 0.317 e. The number of rotatable bonds is 6. The maximum atomic E-state index is 12.2. The summed E-state index contributed by atoms with van der Waals surface area (Å²) < 4.78 is 0. The molecule has 6 heteroatoms. The maximum Gasteiger partial charge on any atom is 0.317 e. The molecule has 1 aliphatic heterocycles. The molecule has 1 heterocycles. The topological polar surface area (TPSA) is 72.9 Å². The third-order valence-electron chi connectivity index (χ3n) is 4.57. The fraction of sp³-hybridized carbons (Fsp3) is 0.867. The van der Waals surface area contributed by atoms with Gasteiger partial charge in [-0.15, -0.1) is 0 Å². The van der Waals surface area contributed by atoms with E-state index in [0.29, 0.717) is 32.0 Å². The van der Waals surface area contributed by atoms with Crippen LogP contribution in [0, 0.1) is 5.92 Å². The van der Waals surface area contributed by atoms with Gasteiger partial charge in [0.1, 0.15) is 0 Å². The van der Waals surface area contributed by atoms with E-state index in [2.05, 4.69) is 31.1 Å². The first-order chi connectivity index (χ1) is 9.86. The van der Waals surface area contributed by atoms with Gasteiger partial charge in [0.05, 0.1) is 5.92 Å². The second kappa shape index (κ2) is 8.22. The summed E-state index contributed by atoms with van der Waals surface area (Å²) in [5.41, 5.74) is 0. The van der Waals surface area contributed by atoms with E-state index >= 15 is 0 Å². The lowest BCUT2D eigenvalue weighted by Crippen LogP contribution is -2.51. The summed E-state index contributed by atoms with van der Waals surface area (Å²) in [4.78, 5) is 27.1. The first kappa shape index (κ1) is 17.8. The summed E-state index contributed by atoms with van der Waals surface area (Å²) in [6, 6.07) is 0.406. The Morgan fingerprint density at radius 1 is 1.48 bits per heavy atom. The highest BCUT2D eigenvalue weighted by Gasteiger charge is 2.32. The van der Waals surface area contributed by atoms with E-state index in [0.717, 1.165) is 13.0 Å². The highest BCUT2D eigenvalue weighted by atomic mass is 16.4. The largest absolute Gasteiger partial charge is 0.481 e. The quantitative estimate of drug-likeness (QED) is 0.781. The molecule has 0 saturated carbocycles. The fourth-order valence-electron chi connectivity index (χ4n) is 2.67. The maximum absolute atomic E-state index is 12.2. The number of carbonyl (C=O) groups excluding carboxylic acids is 1. The minimum Gasteiger partial charge on any atom is -0.481 e. The molecule has 1 rings (SSSR count). The molecule has 2 N–H and O–H groups in total. The number of piperidine rings is 1. The zero-order valence-corrected chi connectivity index (χ0v) is 13.6. The van der Waals surface area contributed by atoms with E-state index in [4.69, 9.17) is 5.11 Å². The number of carbonyl (C=O) groups is 2. The van der Waals surface area contributed by atoms with E-state index in [9.17, 15) is 9.59 Å². The van der Waals surface area contributed by atoms with Gasteiger partial charge in [-0.2, -0.15) is 0 Å². The predicted molar refractivity (Wildman–Crippen MR) is 82.3 cm³/mol.